The standard InChI is InChI=1S/C12H16N2O3/c13-6-2-5-11(15)14-7-9-3-1-4-10-12(9)17-8-16-10/h1,3-4H,2,5-8,13H2,(H,14,15). The van der Waals surface area contributed by atoms with Crippen molar-refractivity contribution in [3.8, 4) is 11.5 Å². The van der Waals surface area contributed by atoms with Crippen LogP contribution in [0.25, 0.3) is 0 Å². The van der Waals surface area contributed by atoms with Crippen molar-refractivity contribution in [1.29, 1.82) is 0 Å². The molecule has 1 aromatic carbocycles. The van der Waals surface area contributed by atoms with Crippen molar-refractivity contribution >= 4 is 5.91 Å². The summed E-state index contributed by atoms with van der Waals surface area (Å²) in [5.41, 5.74) is 6.27. The lowest BCUT2D eigenvalue weighted by Gasteiger charge is -2.07. The zero-order valence-electron chi connectivity index (χ0n) is 9.57. The van der Waals surface area contributed by atoms with E-state index >= 15 is 0 Å². The Labute approximate surface area is 99.9 Å². The molecule has 0 radical (unpaired) electrons. The van der Waals surface area contributed by atoms with Crippen LogP contribution in [0.5, 0.6) is 11.5 Å². The number of benzene rings is 1. The molecule has 1 heterocycles. The number of hydrogen-bond donors (Lipinski definition) is 2. The van der Waals surface area contributed by atoms with E-state index in [0.717, 1.165) is 17.1 Å². The number of nitrogens with two attached hydrogens (primary N) is 1. The van der Waals surface area contributed by atoms with Gasteiger partial charge in [-0.25, -0.2) is 0 Å². The van der Waals surface area contributed by atoms with Gasteiger partial charge < -0.3 is 20.5 Å². The third kappa shape index (κ3) is 2.88. The first-order chi connectivity index (χ1) is 8.31. The Bertz CT molecular complexity index is 407. The van der Waals surface area contributed by atoms with Crippen LogP contribution in [0.15, 0.2) is 18.2 Å². The second-order valence-corrected chi connectivity index (χ2v) is 3.82. The molecule has 5 heteroatoms. The molecule has 1 aromatic rings. The predicted octanol–water partition coefficient (Wildman–Crippen LogP) is 0.770. The lowest BCUT2D eigenvalue weighted by molar-refractivity contribution is -0.121. The Morgan fingerprint density at radius 3 is 3.12 bits per heavy atom. The highest BCUT2D eigenvalue weighted by atomic mass is 16.7. The first-order valence-electron chi connectivity index (χ1n) is 5.65. The number of amides is 1. The highest BCUT2D eigenvalue weighted by Crippen LogP contribution is 2.35. The normalized spacial score (nSPS) is 12.5. The van der Waals surface area contributed by atoms with Crippen LogP contribution in [0.1, 0.15) is 18.4 Å². The Kier molecular flexibility index (Phi) is 3.82. The first-order valence-corrected chi connectivity index (χ1v) is 5.65. The van der Waals surface area contributed by atoms with E-state index in [4.69, 9.17) is 15.2 Å². The van der Waals surface area contributed by atoms with Gasteiger partial charge in [0.05, 0.1) is 0 Å². The van der Waals surface area contributed by atoms with Gasteiger partial charge in [-0.05, 0) is 19.0 Å². The molecule has 0 bridgehead atoms. The van der Waals surface area contributed by atoms with E-state index in [-0.39, 0.29) is 12.7 Å². The Morgan fingerprint density at radius 1 is 1.41 bits per heavy atom. The number of ether oxygens (including phenoxy) is 2. The van der Waals surface area contributed by atoms with E-state index in [0.29, 0.717) is 25.9 Å². The maximum absolute atomic E-state index is 11.4. The van der Waals surface area contributed by atoms with Crippen molar-refractivity contribution in [2.45, 2.75) is 19.4 Å². The average Bonchev–Trinajstić information content (AvgIpc) is 2.82. The highest BCUT2D eigenvalue weighted by Gasteiger charge is 2.17. The van der Waals surface area contributed by atoms with E-state index in [1.807, 2.05) is 18.2 Å². The molecule has 3 N–H and O–H groups in total. The number of nitrogens with one attached hydrogen (secondary N) is 1. The molecule has 2 rings (SSSR count). The molecule has 5 nitrogen and oxygen atoms in total. The Hall–Kier alpha value is -1.75. The van der Waals surface area contributed by atoms with Gasteiger partial charge in [0.2, 0.25) is 12.7 Å². The second-order valence-electron chi connectivity index (χ2n) is 3.82. The molecule has 1 aliphatic rings. The molecule has 92 valence electrons. The average molecular weight is 236 g/mol. The van der Waals surface area contributed by atoms with Gasteiger partial charge in [-0.3, -0.25) is 4.79 Å². The monoisotopic (exact) mass is 236 g/mol. The Balaban J connectivity index is 1.91. The van der Waals surface area contributed by atoms with Gasteiger partial charge in [-0.15, -0.1) is 0 Å². The molecular formula is C12H16N2O3. The number of rotatable bonds is 5. The molecular weight excluding hydrogens is 220 g/mol. The van der Waals surface area contributed by atoms with Crippen LogP contribution in [-0.4, -0.2) is 19.2 Å². The van der Waals surface area contributed by atoms with Gasteiger partial charge in [0.25, 0.3) is 0 Å². The number of hydrogen-bond acceptors (Lipinski definition) is 4. The topological polar surface area (TPSA) is 73.6 Å². The fourth-order valence-corrected chi connectivity index (χ4v) is 1.67. The molecule has 0 unspecified atom stereocenters. The van der Waals surface area contributed by atoms with Gasteiger partial charge in [0, 0.05) is 18.5 Å². The van der Waals surface area contributed by atoms with Gasteiger partial charge in [-0.2, -0.15) is 0 Å². The predicted molar refractivity (Wildman–Crippen MR) is 62.7 cm³/mol. The molecule has 17 heavy (non-hydrogen) atoms. The molecule has 0 aliphatic carbocycles. The summed E-state index contributed by atoms with van der Waals surface area (Å²) in [4.78, 5) is 11.4. The summed E-state index contributed by atoms with van der Waals surface area (Å²) in [6.45, 7) is 1.23. The number of fused-ring (bicyclic) bond motifs is 1. The lowest BCUT2D eigenvalue weighted by atomic mass is 10.2. The van der Waals surface area contributed by atoms with E-state index in [9.17, 15) is 4.79 Å². The summed E-state index contributed by atoms with van der Waals surface area (Å²) in [6.07, 6.45) is 1.17. The summed E-state index contributed by atoms with van der Waals surface area (Å²) in [7, 11) is 0. The van der Waals surface area contributed by atoms with Gasteiger partial charge in [-0.1, -0.05) is 12.1 Å². The maximum Gasteiger partial charge on any atom is 0.231 e. The minimum Gasteiger partial charge on any atom is -0.454 e. The molecule has 0 atom stereocenters. The smallest absolute Gasteiger partial charge is 0.231 e. The van der Waals surface area contributed by atoms with E-state index in [1.54, 1.807) is 0 Å². The molecule has 0 spiro atoms. The van der Waals surface area contributed by atoms with Crippen LogP contribution in [-0.2, 0) is 11.3 Å². The van der Waals surface area contributed by atoms with Crippen molar-refractivity contribution < 1.29 is 14.3 Å². The number of carbonyl (C=O) groups excluding carboxylic acids is 1. The minimum absolute atomic E-state index is 0.00645. The zero-order chi connectivity index (χ0) is 12.1. The van der Waals surface area contributed by atoms with Crippen molar-refractivity contribution in [3.63, 3.8) is 0 Å². The minimum atomic E-state index is 0.00645. The van der Waals surface area contributed by atoms with Crippen molar-refractivity contribution in [3.05, 3.63) is 23.8 Å². The Morgan fingerprint density at radius 2 is 2.29 bits per heavy atom. The van der Waals surface area contributed by atoms with Gasteiger partial charge in [0.15, 0.2) is 11.5 Å². The summed E-state index contributed by atoms with van der Waals surface area (Å²) in [6, 6.07) is 5.65. The fraction of sp³-hybridized carbons (Fsp3) is 0.417. The third-order valence-corrected chi connectivity index (χ3v) is 2.56. The first kappa shape index (κ1) is 11.7. The van der Waals surface area contributed by atoms with Crippen LogP contribution >= 0.6 is 0 Å². The van der Waals surface area contributed by atoms with Crippen LogP contribution in [0.4, 0.5) is 0 Å². The summed E-state index contributed by atoms with van der Waals surface area (Å²) >= 11 is 0. The quantitative estimate of drug-likeness (QED) is 0.792. The van der Waals surface area contributed by atoms with E-state index < -0.39 is 0 Å². The summed E-state index contributed by atoms with van der Waals surface area (Å²) < 4.78 is 10.6. The highest BCUT2D eigenvalue weighted by molar-refractivity contribution is 5.76. The largest absolute Gasteiger partial charge is 0.454 e. The third-order valence-electron chi connectivity index (χ3n) is 2.56. The second kappa shape index (κ2) is 5.54. The van der Waals surface area contributed by atoms with Crippen LogP contribution in [0.3, 0.4) is 0 Å². The molecule has 0 saturated carbocycles. The SMILES string of the molecule is NCCCC(=O)NCc1cccc2c1OCO2. The van der Waals surface area contributed by atoms with E-state index in [1.165, 1.54) is 0 Å². The summed E-state index contributed by atoms with van der Waals surface area (Å²) in [5, 5.41) is 2.83. The van der Waals surface area contributed by atoms with Crippen molar-refractivity contribution in [2.24, 2.45) is 5.73 Å². The van der Waals surface area contributed by atoms with Gasteiger partial charge in [0.1, 0.15) is 0 Å². The van der Waals surface area contributed by atoms with Crippen molar-refractivity contribution in [2.75, 3.05) is 13.3 Å². The van der Waals surface area contributed by atoms with Crippen LogP contribution < -0.4 is 20.5 Å². The molecule has 0 aromatic heterocycles. The number of para-hydroxylation sites is 1. The fourth-order valence-electron chi connectivity index (χ4n) is 1.67. The zero-order valence-corrected chi connectivity index (χ0v) is 9.57. The number of carbonyl (C=O) groups is 1. The molecule has 0 saturated heterocycles. The summed E-state index contributed by atoms with van der Waals surface area (Å²) in [5.74, 6) is 1.47. The van der Waals surface area contributed by atoms with Crippen LogP contribution in [0, 0.1) is 0 Å². The lowest BCUT2D eigenvalue weighted by Crippen LogP contribution is -2.23. The molecule has 0 fully saturated rings. The van der Waals surface area contributed by atoms with Crippen molar-refractivity contribution in [1.82, 2.24) is 5.32 Å². The van der Waals surface area contributed by atoms with Gasteiger partial charge >= 0.3 is 0 Å². The van der Waals surface area contributed by atoms with E-state index in [2.05, 4.69) is 5.32 Å². The van der Waals surface area contributed by atoms with Crippen LogP contribution in [0.2, 0.25) is 0 Å². The maximum atomic E-state index is 11.4. The molecule has 1 amide bonds. The molecule has 1 aliphatic heterocycles.